The van der Waals surface area contributed by atoms with Crippen molar-refractivity contribution in [3.8, 4) is 0 Å². The highest BCUT2D eigenvalue weighted by molar-refractivity contribution is 14.0. The summed E-state index contributed by atoms with van der Waals surface area (Å²) in [5.41, 5.74) is 0.399. The molecule has 3 rings (SSSR count). The molecule has 1 spiro atoms. The summed E-state index contributed by atoms with van der Waals surface area (Å²) in [7, 11) is 0. The van der Waals surface area contributed by atoms with Crippen molar-refractivity contribution in [2.75, 3.05) is 59.0 Å². The van der Waals surface area contributed by atoms with Gasteiger partial charge >= 0.3 is 0 Å². The smallest absolute Gasteiger partial charge is 0.193 e. The minimum Gasteiger partial charge on any atom is -0.381 e. The van der Waals surface area contributed by atoms with Crippen LogP contribution in [0.4, 0.5) is 0 Å². The third kappa shape index (κ3) is 5.96. The molecule has 3 atom stereocenters. The molecule has 3 aliphatic rings. The molecule has 0 amide bonds. The van der Waals surface area contributed by atoms with Crippen LogP contribution in [-0.4, -0.2) is 74.8 Å². The van der Waals surface area contributed by atoms with Crippen molar-refractivity contribution in [2.45, 2.75) is 46.5 Å². The molecule has 26 heavy (non-hydrogen) atoms. The molecule has 0 aromatic heterocycles. The quantitative estimate of drug-likeness (QED) is 0.286. The molecule has 0 radical (unpaired) electrons. The zero-order valence-corrected chi connectivity index (χ0v) is 19.3. The molecule has 3 unspecified atom stereocenters. The Morgan fingerprint density at radius 1 is 1.23 bits per heavy atom. The lowest BCUT2D eigenvalue weighted by atomic mass is 9.87. The van der Waals surface area contributed by atoms with Crippen LogP contribution in [0.1, 0.15) is 46.5 Å². The van der Waals surface area contributed by atoms with Gasteiger partial charge in [-0.05, 0) is 51.0 Å². The molecule has 0 aliphatic carbocycles. The summed E-state index contributed by atoms with van der Waals surface area (Å²) < 4.78 is 5.66. The summed E-state index contributed by atoms with van der Waals surface area (Å²) in [6.45, 7) is 16.7. The normalized spacial score (nSPS) is 32.9. The van der Waals surface area contributed by atoms with E-state index in [0.29, 0.717) is 5.41 Å². The first-order chi connectivity index (χ1) is 12.1. The fraction of sp³-hybridized carbons (Fsp3) is 0.950. The summed E-state index contributed by atoms with van der Waals surface area (Å²) in [6, 6.07) is 0. The average Bonchev–Trinajstić information content (AvgIpc) is 3.20. The first-order valence-electron chi connectivity index (χ1n) is 10.4. The second-order valence-corrected chi connectivity index (χ2v) is 8.77. The lowest BCUT2D eigenvalue weighted by molar-refractivity contribution is 0.140. The van der Waals surface area contributed by atoms with Gasteiger partial charge in [0, 0.05) is 51.3 Å². The van der Waals surface area contributed by atoms with Crippen LogP contribution in [0, 0.1) is 17.3 Å². The van der Waals surface area contributed by atoms with E-state index in [2.05, 4.69) is 35.9 Å². The maximum atomic E-state index is 5.66. The van der Waals surface area contributed by atoms with Gasteiger partial charge in [-0.1, -0.05) is 13.8 Å². The Balaban J connectivity index is 0.00000243. The van der Waals surface area contributed by atoms with Gasteiger partial charge in [0.2, 0.25) is 0 Å². The molecule has 0 bridgehead atoms. The van der Waals surface area contributed by atoms with Gasteiger partial charge in [-0.2, -0.15) is 0 Å². The fourth-order valence-corrected chi connectivity index (χ4v) is 4.97. The number of piperidine rings is 1. The first kappa shape index (κ1) is 22.2. The highest BCUT2D eigenvalue weighted by atomic mass is 127. The van der Waals surface area contributed by atoms with Crippen molar-refractivity contribution >= 4 is 29.9 Å². The van der Waals surface area contributed by atoms with E-state index < -0.39 is 0 Å². The number of hydrogen-bond acceptors (Lipinski definition) is 3. The summed E-state index contributed by atoms with van der Waals surface area (Å²) in [4.78, 5) is 10.0. The molecule has 3 aliphatic heterocycles. The summed E-state index contributed by atoms with van der Waals surface area (Å²) in [5.74, 6) is 2.81. The molecule has 0 aromatic carbocycles. The van der Waals surface area contributed by atoms with Gasteiger partial charge in [-0.25, -0.2) is 0 Å². The first-order valence-corrected chi connectivity index (χ1v) is 10.4. The van der Waals surface area contributed by atoms with E-state index in [0.717, 1.165) is 63.6 Å². The van der Waals surface area contributed by atoms with Crippen molar-refractivity contribution in [2.24, 2.45) is 22.2 Å². The second kappa shape index (κ2) is 10.5. The third-order valence-corrected chi connectivity index (χ3v) is 6.10. The predicted molar refractivity (Wildman–Crippen MR) is 119 cm³/mol. The van der Waals surface area contributed by atoms with Gasteiger partial charge in [0.25, 0.3) is 0 Å². The zero-order chi connectivity index (χ0) is 17.7. The van der Waals surface area contributed by atoms with Crippen molar-refractivity contribution in [3.05, 3.63) is 0 Å². The van der Waals surface area contributed by atoms with E-state index in [9.17, 15) is 0 Å². The number of rotatable bonds is 5. The maximum absolute atomic E-state index is 5.66. The van der Waals surface area contributed by atoms with Crippen LogP contribution in [0.5, 0.6) is 0 Å². The Bertz CT molecular complexity index is 443. The molecule has 3 heterocycles. The molecular formula is C20H39IN4O. The van der Waals surface area contributed by atoms with Crippen LogP contribution in [0.2, 0.25) is 0 Å². The number of ether oxygens (including phenoxy) is 1. The van der Waals surface area contributed by atoms with Gasteiger partial charge in [-0.15, -0.1) is 24.0 Å². The monoisotopic (exact) mass is 478 g/mol. The number of aliphatic imine (C=N–C) groups is 1. The number of halogens is 1. The van der Waals surface area contributed by atoms with Crippen LogP contribution >= 0.6 is 24.0 Å². The molecule has 1 N–H and O–H groups in total. The van der Waals surface area contributed by atoms with Gasteiger partial charge < -0.3 is 19.9 Å². The summed E-state index contributed by atoms with van der Waals surface area (Å²) in [6.07, 6.45) is 5.02. The number of likely N-dealkylation sites (tertiary alicyclic amines) is 2. The molecule has 0 aromatic rings. The molecule has 6 heteroatoms. The topological polar surface area (TPSA) is 40.1 Å². The van der Waals surface area contributed by atoms with Crippen LogP contribution in [-0.2, 0) is 4.74 Å². The molecule has 3 saturated heterocycles. The minimum absolute atomic E-state index is 0. The van der Waals surface area contributed by atoms with E-state index in [4.69, 9.17) is 9.73 Å². The lowest BCUT2D eigenvalue weighted by Crippen LogP contribution is -2.42. The van der Waals surface area contributed by atoms with E-state index in [-0.39, 0.29) is 24.0 Å². The van der Waals surface area contributed by atoms with Gasteiger partial charge in [0.05, 0.1) is 6.61 Å². The van der Waals surface area contributed by atoms with Crippen LogP contribution < -0.4 is 5.32 Å². The van der Waals surface area contributed by atoms with E-state index in [1.807, 2.05) is 0 Å². The lowest BCUT2D eigenvalue weighted by Gasteiger charge is -2.34. The average molecular weight is 478 g/mol. The Hall–Kier alpha value is -0.0800. The van der Waals surface area contributed by atoms with E-state index in [1.54, 1.807) is 0 Å². The summed E-state index contributed by atoms with van der Waals surface area (Å²) in [5, 5.41) is 3.50. The fourth-order valence-electron chi connectivity index (χ4n) is 4.97. The Morgan fingerprint density at radius 3 is 2.65 bits per heavy atom. The largest absolute Gasteiger partial charge is 0.381 e. The number of nitrogens with zero attached hydrogens (tertiary/aromatic N) is 3. The van der Waals surface area contributed by atoms with Crippen molar-refractivity contribution in [1.82, 2.24) is 15.1 Å². The van der Waals surface area contributed by atoms with E-state index in [1.165, 1.54) is 38.9 Å². The molecule has 5 nitrogen and oxygen atoms in total. The Morgan fingerprint density at radius 2 is 2.00 bits per heavy atom. The predicted octanol–water partition coefficient (Wildman–Crippen LogP) is 3.05. The maximum Gasteiger partial charge on any atom is 0.193 e. The van der Waals surface area contributed by atoms with Crippen molar-refractivity contribution < 1.29 is 4.74 Å². The number of guanidine groups is 1. The molecular weight excluding hydrogens is 439 g/mol. The van der Waals surface area contributed by atoms with E-state index >= 15 is 0 Å². The van der Waals surface area contributed by atoms with Crippen molar-refractivity contribution in [1.29, 1.82) is 0 Å². The van der Waals surface area contributed by atoms with Crippen LogP contribution in [0.25, 0.3) is 0 Å². The second-order valence-electron chi connectivity index (χ2n) is 8.77. The van der Waals surface area contributed by atoms with Gasteiger partial charge in [-0.3, -0.25) is 4.99 Å². The summed E-state index contributed by atoms with van der Waals surface area (Å²) >= 11 is 0. The minimum atomic E-state index is 0. The Labute approximate surface area is 177 Å². The van der Waals surface area contributed by atoms with Gasteiger partial charge in [0.15, 0.2) is 5.96 Å². The third-order valence-electron chi connectivity index (χ3n) is 6.10. The number of nitrogens with one attached hydrogen (secondary N) is 1. The van der Waals surface area contributed by atoms with Gasteiger partial charge in [0.1, 0.15) is 0 Å². The van der Waals surface area contributed by atoms with Crippen LogP contribution in [0.15, 0.2) is 4.99 Å². The highest BCUT2D eigenvalue weighted by Crippen LogP contribution is 2.38. The molecule has 152 valence electrons. The zero-order valence-electron chi connectivity index (χ0n) is 17.0. The molecule has 3 fully saturated rings. The molecule has 0 saturated carbocycles. The Kier molecular flexibility index (Phi) is 8.94. The highest BCUT2D eigenvalue weighted by Gasteiger charge is 2.42. The SMILES string of the molecule is CCNC(=NCCCN1CC(C)CC(C)C1)N1CCC2(CCOC2)C1.I. The standard InChI is InChI=1S/C20H38N4O.HI/c1-4-21-19(24-10-6-20(15-24)7-11-25-16-20)22-8-5-9-23-13-17(2)12-18(3)14-23;/h17-18H,4-16H2,1-3H3,(H,21,22);1H. The van der Waals surface area contributed by atoms with Crippen LogP contribution in [0.3, 0.4) is 0 Å². The number of hydrogen-bond donors (Lipinski definition) is 1. The van der Waals surface area contributed by atoms with Crippen molar-refractivity contribution in [3.63, 3.8) is 0 Å².